The van der Waals surface area contributed by atoms with Crippen LogP contribution in [0.2, 0.25) is 0 Å². The summed E-state index contributed by atoms with van der Waals surface area (Å²) in [4.78, 5) is 3.46. The van der Waals surface area contributed by atoms with Gasteiger partial charge in [0, 0.05) is 27.5 Å². The number of fused-ring (bicyclic) bond motifs is 3. The van der Waals surface area contributed by atoms with Crippen molar-refractivity contribution < 1.29 is 5.11 Å². The average molecular weight is 274 g/mol. The Morgan fingerprint density at radius 3 is 2.38 bits per heavy atom. The van der Waals surface area contributed by atoms with E-state index < -0.39 is 0 Å². The predicted octanol–water partition coefficient (Wildman–Crippen LogP) is 4.28. The van der Waals surface area contributed by atoms with Gasteiger partial charge in [-0.2, -0.15) is 0 Å². The number of aromatic nitrogens is 1. The van der Waals surface area contributed by atoms with Gasteiger partial charge >= 0.3 is 0 Å². The van der Waals surface area contributed by atoms with Crippen LogP contribution in [0, 0.1) is 0 Å². The van der Waals surface area contributed by atoms with E-state index in [2.05, 4.69) is 17.1 Å². The molecule has 0 aliphatic rings. The maximum atomic E-state index is 9.46. The van der Waals surface area contributed by atoms with Crippen molar-refractivity contribution in [1.82, 2.24) is 4.98 Å². The highest BCUT2D eigenvalue weighted by atomic mass is 16.3. The molecule has 0 aliphatic carbocycles. The molecule has 0 radical (unpaired) electrons. The lowest BCUT2D eigenvalue weighted by Crippen LogP contribution is -1.91. The number of nitrogen functional groups attached to an aromatic ring is 1. The third-order valence-electron chi connectivity index (χ3n) is 3.87. The van der Waals surface area contributed by atoms with Crippen molar-refractivity contribution in [3.8, 4) is 16.9 Å². The molecule has 0 atom stereocenters. The Labute approximate surface area is 121 Å². The lowest BCUT2D eigenvalue weighted by Gasteiger charge is -2.08. The van der Waals surface area contributed by atoms with E-state index in [0.717, 1.165) is 33.2 Å². The number of phenols is 1. The highest BCUT2D eigenvalue weighted by Crippen LogP contribution is 2.37. The third kappa shape index (κ3) is 1.75. The largest absolute Gasteiger partial charge is 0.508 e. The van der Waals surface area contributed by atoms with Crippen LogP contribution >= 0.6 is 0 Å². The maximum absolute atomic E-state index is 9.46. The zero-order valence-electron chi connectivity index (χ0n) is 11.3. The summed E-state index contributed by atoms with van der Waals surface area (Å²) in [5, 5.41) is 11.8. The van der Waals surface area contributed by atoms with Gasteiger partial charge < -0.3 is 15.8 Å². The highest BCUT2D eigenvalue weighted by Gasteiger charge is 2.12. The Morgan fingerprint density at radius 1 is 0.810 bits per heavy atom. The van der Waals surface area contributed by atoms with Crippen molar-refractivity contribution >= 4 is 27.5 Å². The van der Waals surface area contributed by atoms with Crippen LogP contribution in [0.3, 0.4) is 0 Å². The fraction of sp³-hybridized carbons (Fsp3) is 0. The van der Waals surface area contributed by atoms with Crippen LogP contribution in [0.25, 0.3) is 32.9 Å². The summed E-state index contributed by atoms with van der Waals surface area (Å²) in [7, 11) is 0. The maximum Gasteiger partial charge on any atom is 0.115 e. The number of aromatic hydroxyl groups is 1. The molecule has 0 amide bonds. The first kappa shape index (κ1) is 11.9. The molecular weight excluding hydrogens is 260 g/mol. The molecule has 3 aromatic carbocycles. The van der Waals surface area contributed by atoms with E-state index in [4.69, 9.17) is 5.73 Å². The average Bonchev–Trinajstić information content (AvgIpc) is 2.87. The molecule has 0 bridgehead atoms. The molecule has 0 unspecified atom stereocenters. The van der Waals surface area contributed by atoms with E-state index in [1.54, 1.807) is 12.1 Å². The Morgan fingerprint density at radius 2 is 1.57 bits per heavy atom. The third-order valence-corrected chi connectivity index (χ3v) is 3.87. The van der Waals surface area contributed by atoms with Gasteiger partial charge in [-0.25, -0.2) is 0 Å². The van der Waals surface area contributed by atoms with Crippen molar-refractivity contribution in [2.75, 3.05) is 5.73 Å². The van der Waals surface area contributed by atoms with E-state index in [-0.39, 0.29) is 5.75 Å². The standard InChI is InChI=1S/C18H14N2O/c19-15-10-9-14-13-3-1-2-4-16(13)20-18(14)17(15)11-5-7-12(21)8-6-11/h1-10,20-21H,19H2. The van der Waals surface area contributed by atoms with Crippen molar-refractivity contribution in [1.29, 1.82) is 0 Å². The second-order valence-electron chi connectivity index (χ2n) is 5.17. The lowest BCUT2D eigenvalue weighted by molar-refractivity contribution is 0.475. The molecule has 3 heteroatoms. The van der Waals surface area contributed by atoms with Gasteiger partial charge in [0.1, 0.15) is 5.75 Å². The summed E-state index contributed by atoms with van der Waals surface area (Å²) in [5.41, 5.74) is 11.0. The summed E-state index contributed by atoms with van der Waals surface area (Å²) in [6, 6.07) is 19.3. The number of nitrogens with two attached hydrogens (primary N) is 1. The van der Waals surface area contributed by atoms with Gasteiger partial charge in [0.05, 0.1) is 5.52 Å². The van der Waals surface area contributed by atoms with Gasteiger partial charge in [-0.1, -0.05) is 36.4 Å². The Bertz CT molecular complexity index is 952. The molecule has 0 spiro atoms. The van der Waals surface area contributed by atoms with Crippen molar-refractivity contribution in [2.45, 2.75) is 0 Å². The number of aromatic amines is 1. The molecule has 21 heavy (non-hydrogen) atoms. The van der Waals surface area contributed by atoms with Crippen molar-refractivity contribution in [3.05, 3.63) is 60.7 Å². The minimum atomic E-state index is 0.251. The first-order valence-electron chi connectivity index (χ1n) is 6.82. The van der Waals surface area contributed by atoms with Crippen LogP contribution < -0.4 is 5.73 Å². The minimum absolute atomic E-state index is 0.251. The summed E-state index contributed by atoms with van der Waals surface area (Å²) >= 11 is 0. The van der Waals surface area contributed by atoms with Gasteiger partial charge in [-0.15, -0.1) is 0 Å². The summed E-state index contributed by atoms with van der Waals surface area (Å²) in [6.07, 6.45) is 0. The van der Waals surface area contributed by atoms with E-state index in [1.807, 2.05) is 36.4 Å². The number of anilines is 1. The van der Waals surface area contributed by atoms with Crippen LogP contribution in [0.4, 0.5) is 5.69 Å². The Balaban J connectivity index is 2.12. The van der Waals surface area contributed by atoms with Crippen LogP contribution in [-0.2, 0) is 0 Å². The number of nitrogens with one attached hydrogen (secondary N) is 1. The molecule has 4 N–H and O–H groups in total. The molecule has 3 nitrogen and oxygen atoms in total. The topological polar surface area (TPSA) is 62.0 Å². The molecule has 1 heterocycles. The van der Waals surface area contributed by atoms with E-state index in [9.17, 15) is 5.11 Å². The van der Waals surface area contributed by atoms with Gasteiger partial charge in [0.25, 0.3) is 0 Å². The molecule has 0 aliphatic heterocycles. The van der Waals surface area contributed by atoms with Crippen molar-refractivity contribution in [2.24, 2.45) is 0 Å². The number of para-hydroxylation sites is 1. The normalized spacial score (nSPS) is 11.2. The van der Waals surface area contributed by atoms with Crippen molar-refractivity contribution in [3.63, 3.8) is 0 Å². The molecule has 4 aromatic rings. The molecular formula is C18H14N2O. The summed E-state index contributed by atoms with van der Waals surface area (Å²) < 4.78 is 0. The van der Waals surface area contributed by atoms with Gasteiger partial charge in [0.2, 0.25) is 0 Å². The number of benzene rings is 3. The van der Waals surface area contributed by atoms with Gasteiger partial charge in [0.15, 0.2) is 0 Å². The zero-order valence-corrected chi connectivity index (χ0v) is 11.3. The molecule has 0 fully saturated rings. The number of rotatable bonds is 1. The second-order valence-corrected chi connectivity index (χ2v) is 5.17. The zero-order chi connectivity index (χ0) is 14.4. The monoisotopic (exact) mass is 274 g/mol. The first-order chi connectivity index (χ1) is 10.2. The quantitative estimate of drug-likeness (QED) is 0.454. The number of H-pyrrole nitrogens is 1. The van der Waals surface area contributed by atoms with Crippen LogP contribution in [0.5, 0.6) is 5.75 Å². The second kappa shape index (κ2) is 4.28. The number of phenolic OH excluding ortho intramolecular Hbond substituents is 1. The Kier molecular flexibility index (Phi) is 2.42. The van der Waals surface area contributed by atoms with E-state index in [0.29, 0.717) is 0 Å². The Hall–Kier alpha value is -2.94. The SMILES string of the molecule is Nc1ccc2c([nH]c3ccccc32)c1-c1ccc(O)cc1. The van der Waals surface area contributed by atoms with E-state index >= 15 is 0 Å². The smallest absolute Gasteiger partial charge is 0.115 e. The molecule has 0 saturated heterocycles. The predicted molar refractivity (Wildman–Crippen MR) is 87.3 cm³/mol. The molecule has 0 saturated carbocycles. The van der Waals surface area contributed by atoms with Gasteiger partial charge in [-0.05, 0) is 29.8 Å². The fourth-order valence-corrected chi connectivity index (χ4v) is 2.87. The van der Waals surface area contributed by atoms with Gasteiger partial charge in [-0.3, -0.25) is 0 Å². The molecule has 1 aromatic heterocycles. The molecule has 102 valence electrons. The molecule has 4 rings (SSSR count). The van der Waals surface area contributed by atoms with Crippen LogP contribution in [0.15, 0.2) is 60.7 Å². The lowest BCUT2D eigenvalue weighted by atomic mass is 10.00. The number of hydrogen-bond acceptors (Lipinski definition) is 2. The first-order valence-corrected chi connectivity index (χ1v) is 6.82. The summed E-state index contributed by atoms with van der Waals surface area (Å²) in [6.45, 7) is 0. The minimum Gasteiger partial charge on any atom is -0.508 e. The van der Waals surface area contributed by atoms with Crippen LogP contribution in [0.1, 0.15) is 0 Å². The highest BCUT2D eigenvalue weighted by molar-refractivity contribution is 6.14. The summed E-state index contributed by atoms with van der Waals surface area (Å²) in [5.74, 6) is 0.251. The number of hydrogen-bond donors (Lipinski definition) is 3. The van der Waals surface area contributed by atoms with E-state index in [1.165, 1.54) is 5.39 Å². The fourth-order valence-electron chi connectivity index (χ4n) is 2.87. The van der Waals surface area contributed by atoms with Crippen LogP contribution in [-0.4, -0.2) is 10.1 Å².